The van der Waals surface area contributed by atoms with Crippen molar-refractivity contribution >= 4 is 10.8 Å². The highest BCUT2D eigenvalue weighted by molar-refractivity contribution is 7.84. The molecule has 3 unspecified atom stereocenters. The molecule has 1 heterocycles. The maximum Gasteiger partial charge on any atom is 0.0329 e. The average molecular weight is 218 g/mol. The molecule has 0 amide bonds. The summed E-state index contributed by atoms with van der Waals surface area (Å²) in [5.74, 6) is 0. The molecule has 3 nitrogen and oxygen atoms in total. The summed E-state index contributed by atoms with van der Waals surface area (Å²) in [6, 6.07) is 0.664. The molecule has 0 aromatic rings. The van der Waals surface area contributed by atoms with Crippen molar-refractivity contribution in [1.82, 2.24) is 10.2 Å². The predicted molar refractivity (Wildman–Crippen MR) is 62.1 cm³/mol. The second-order valence-electron chi connectivity index (χ2n) is 4.17. The van der Waals surface area contributed by atoms with Crippen LogP contribution < -0.4 is 5.32 Å². The molecule has 14 heavy (non-hydrogen) atoms. The lowest BCUT2D eigenvalue weighted by atomic mass is 10.3. The summed E-state index contributed by atoms with van der Waals surface area (Å²) in [6.45, 7) is 5.51. The number of nitrogens with zero attached hydrogens (tertiary/aromatic N) is 1. The van der Waals surface area contributed by atoms with Crippen LogP contribution in [0.4, 0.5) is 0 Å². The smallest absolute Gasteiger partial charge is 0.0329 e. The summed E-state index contributed by atoms with van der Waals surface area (Å²) in [6.07, 6.45) is 4.10. The van der Waals surface area contributed by atoms with Crippen molar-refractivity contribution in [3.63, 3.8) is 0 Å². The first kappa shape index (κ1) is 12.1. The topological polar surface area (TPSA) is 32.3 Å². The Balaban J connectivity index is 2.17. The normalized spacial score (nSPS) is 27.8. The van der Waals surface area contributed by atoms with Gasteiger partial charge in [0.15, 0.2) is 0 Å². The lowest BCUT2D eigenvalue weighted by molar-refractivity contribution is 0.325. The molecule has 4 heteroatoms. The molecule has 84 valence electrons. The second kappa shape index (κ2) is 5.83. The van der Waals surface area contributed by atoms with E-state index in [0.29, 0.717) is 11.3 Å². The lowest BCUT2D eigenvalue weighted by Gasteiger charge is -2.17. The molecule has 0 spiro atoms. The van der Waals surface area contributed by atoms with Crippen molar-refractivity contribution in [2.45, 2.75) is 31.1 Å². The number of likely N-dealkylation sites (tertiary alicyclic amines) is 1. The van der Waals surface area contributed by atoms with Crippen molar-refractivity contribution in [3.8, 4) is 0 Å². The Morgan fingerprint density at radius 3 is 2.86 bits per heavy atom. The van der Waals surface area contributed by atoms with Gasteiger partial charge in [0.25, 0.3) is 0 Å². The highest BCUT2D eigenvalue weighted by Crippen LogP contribution is 2.10. The Kier molecular flexibility index (Phi) is 5.06. The van der Waals surface area contributed by atoms with Crippen LogP contribution >= 0.6 is 0 Å². The summed E-state index contributed by atoms with van der Waals surface area (Å²) in [4.78, 5) is 2.46. The minimum Gasteiger partial charge on any atom is -0.316 e. The molecule has 1 N–H and O–H groups in total. The Labute approximate surface area is 89.7 Å². The monoisotopic (exact) mass is 218 g/mol. The first-order valence-electron chi connectivity index (χ1n) is 5.35. The van der Waals surface area contributed by atoms with E-state index in [2.05, 4.69) is 17.1 Å². The third-order valence-corrected chi connectivity index (χ3v) is 4.47. The number of hydrogen-bond acceptors (Lipinski definition) is 3. The van der Waals surface area contributed by atoms with Crippen molar-refractivity contribution in [1.29, 1.82) is 0 Å². The van der Waals surface area contributed by atoms with Crippen molar-refractivity contribution in [3.05, 3.63) is 0 Å². The molecular formula is C10H22N2OS. The molecule has 0 bridgehead atoms. The molecule has 1 rings (SSSR count). The van der Waals surface area contributed by atoms with Crippen LogP contribution in [-0.4, -0.2) is 53.3 Å². The van der Waals surface area contributed by atoms with Crippen LogP contribution in [0.2, 0.25) is 0 Å². The first-order valence-corrected chi connectivity index (χ1v) is 6.97. The summed E-state index contributed by atoms with van der Waals surface area (Å²) < 4.78 is 11.1. The van der Waals surface area contributed by atoms with E-state index in [1.807, 2.05) is 7.05 Å². The van der Waals surface area contributed by atoms with Crippen molar-refractivity contribution in [2.75, 3.05) is 32.9 Å². The number of likely N-dealkylation sites (N-methyl/N-ethyl adjacent to an activating group) is 1. The molecule has 0 radical (unpaired) electrons. The number of rotatable bonds is 5. The lowest BCUT2D eigenvalue weighted by Crippen LogP contribution is -2.31. The maximum atomic E-state index is 11.1. The minimum atomic E-state index is -0.663. The Bertz CT molecular complexity index is 199. The zero-order chi connectivity index (χ0) is 10.6. The van der Waals surface area contributed by atoms with Crippen LogP contribution in [0.15, 0.2) is 0 Å². The number of hydrogen-bond donors (Lipinski definition) is 1. The van der Waals surface area contributed by atoms with Crippen LogP contribution in [0.25, 0.3) is 0 Å². The highest BCUT2D eigenvalue weighted by atomic mass is 32.2. The molecule has 0 aliphatic carbocycles. The zero-order valence-electron chi connectivity index (χ0n) is 9.45. The molecule has 1 fully saturated rings. The Morgan fingerprint density at radius 1 is 1.64 bits per heavy atom. The summed E-state index contributed by atoms with van der Waals surface area (Å²) in [7, 11) is 1.36. The van der Waals surface area contributed by atoms with Crippen LogP contribution in [-0.2, 0) is 10.8 Å². The van der Waals surface area contributed by atoms with E-state index in [9.17, 15) is 4.21 Å². The fourth-order valence-corrected chi connectivity index (χ4v) is 2.24. The Hall–Kier alpha value is 0.0700. The molecule has 1 aliphatic heterocycles. The molecule has 1 aliphatic rings. The molecule has 0 saturated carbocycles. The van der Waals surface area contributed by atoms with Gasteiger partial charge in [0.2, 0.25) is 0 Å². The van der Waals surface area contributed by atoms with E-state index < -0.39 is 10.8 Å². The van der Waals surface area contributed by atoms with Crippen LogP contribution in [0.3, 0.4) is 0 Å². The van der Waals surface area contributed by atoms with Gasteiger partial charge in [0.05, 0.1) is 0 Å². The fraction of sp³-hybridized carbons (Fsp3) is 1.00. The van der Waals surface area contributed by atoms with Gasteiger partial charge in [0, 0.05) is 34.9 Å². The largest absolute Gasteiger partial charge is 0.316 e. The molecular weight excluding hydrogens is 196 g/mol. The van der Waals surface area contributed by atoms with Crippen LogP contribution in [0.5, 0.6) is 0 Å². The minimum absolute atomic E-state index is 0.337. The average Bonchev–Trinajstić information content (AvgIpc) is 2.61. The van der Waals surface area contributed by atoms with Crippen molar-refractivity contribution in [2.24, 2.45) is 0 Å². The van der Waals surface area contributed by atoms with Gasteiger partial charge in [-0.2, -0.15) is 0 Å². The van der Waals surface area contributed by atoms with Gasteiger partial charge < -0.3 is 10.2 Å². The van der Waals surface area contributed by atoms with E-state index in [-0.39, 0.29) is 0 Å². The SMILES string of the molecule is CNC1CCN(CCC(C)S(C)=O)C1. The van der Waals surface area contributed by atoms with Gasteiger partial charge in [-0.15, -0.1) is 0 Å². The molecule has 0 aromatic carbocycles. The first-order chi connectivity index (χ1) is 6.63. The fourth-order valence-electron chi connectivity index (χ4n) is 1.80. The summed E-state index contributed by atoms with van der Waals surface area (Å²) >= 11 is 0. The molecule has 0 aromatic heterocycles. The summed E-state index contributed by atoms with van der Waals surface area (Å²) in [5.41, 5.74) is 0. The van der Waals surface area contributed by atoms with Gasteiger partial charge in [-0.1, -0.05) is 6.92 Å². The molecule has 1 saturated heterocycles. The predicted octanol–water partition coefficient (Wildman–Crippen LogP) is 0.437. The van der Waals surface area contributed by atoms with E-state index in [4.69, 9.17) is 0 Å². The second-order valence-corrected chi connectivity index (χ2v) is 5.97. The van der Waals surface area contributed by atoms with Crippen LogP contribution in [0, 0.1) is 0 Å². The van der Waals surface area contributed by atoms with E-state index in [0.717, 1.165) is 19.5 Å². The van der Waals surface area contributed by atoms with Gasteiger partial charge in [-0.05, 0) is 33.0 Å². The zero-order valence-corrected chi connectivity index (χ0v) is 10.3. The quantitative estimate of drug-likeness (QED) is 0.726. The third kappa shape index (κ3) is 3.67. The maximum absolute atomic E-state index is 11.1. The van der Waals surface area contributed by atoms with E-state index in [1.54, 1.807) is 6.26 Å². The van der Waals surface area contributed by atoms with Gasteiger partial charge >= 0.3 is 0 Å². The van der Waals surface area contributed by atoms with E-state index in [1.165, 1.54) is 13.0 Å². The van der Waals surface area contributed by atoms with Crippen LogP contribution in [0.1, 0.15) is 19.8 Å². The summed E-state index contributed by atoms with van der Waals surface area (Å²) in [5, 5.41) is 3.64. The van der Waals surface area contributed by atoms with E-state index >= 15 is 0 Å². The van der Waals surface area contributed by atoms with Gasteiger partial charge in [-0.25, -0.2) is 0 Å². The molecule has 3 atom stereocenters. The highest BCUT2D eigenvalue weighted by Gasteiger charge is 2.21. The third-order valence-electron chi connectivity index (χ3n) is 3.10. The Morgan fingerprint density at radius 2 is 2.36 bits per heavy atom. The van der Waals surface area contributed by atoms with Crippen molar-refractivity contribution < 1.29 is 4.21 Å². The van der Waals surface area contributed by atoms with Gasteiger partial charge in [0.1, 0.15) is 0 Å². The standard InChI is InChI=1S/C10H22N2OS/c1-9(14(3)13)4-6-12-7-5-10(8-12)11-2/h9-11H,4-8H2,1-3H3. The van der Waals surface area contributed by atoms with Gasteiger partial charge in [-0.3, -0.25) is 4.21 Å². The number of nitrogens with one attached hydrogen (secondary N) is 1.